The largest absolute Gasteiger partial charge is 0.484 e. The highest BCUT2D eigenvalue weighted by molar-refractivity contribution is 8.16. The molecule has 136 valence electrons. The van der Waals surface area contributed by atoms with Crippen LogP contribution in [-0.2, 0) is 9.59 Å². The van der Waals surface area contributed by atoms with Gasteiger partial charge in [0.2, 0.25) is 0 Å². The molecular weight excluding hydrogens is 358 g/mol. The zero-order valence-electron chi connectivity index (χ0n) is 14.1. The minimum atomic E-state index is -0.826. The van der Waals surface area contributed by atoms with Gasteiger partial charge in [-0.1, -0.05) is 12.1 Å². The number of hydrogen-bond donors (Lipinski definition) is 1. The van der Waals surface area contributed by atoms with Gasteiger partial charge in [-0.2, -0.15) is 0 Å². The molecule has 5 nitrogen and oxygen atoms in total. The van der Waals surface area contributed by atoms with Crippen molar-refractivity contribution in [3.05, 3.63) is 29.8 Å². The molecule has 2 aliphatic heterocycles. The standard InChI is InChI=1S/C18H23NO4S2/c20-16(19-8-1-3-14(11-19)17(21)22)12-23-15-6-4-13(5-7-15)18-24-9-2-10-25-18/h4-7,14,18H,1-3,8-12H2,(H,21,22). The van der Waals surface area contributed by atoms with Gasteiger partial charge in [0.1, 0.15) is 5.75 Å². The number of carboxylic acids is 1. The maximum atomic E-state index is 12.3. The van der Waals surface area contributed by atoms with E-state index in [2.05, 4.69) is 12.1 Å². The lowest BCUT2D eigenvalue weighted by molar-refractivity contribution is -0.146. The number of hydrogen-bond acceptors (Lipinski definition) is 5. The quantitative estimate of drug-likeness (QED) is 0.844. The van der Waals surface area contributed by atoms with Gasteiger partial charge < -0.3 is 14.7 Å². The molecule has 7 heteroatoms. The number of carboxylic acid groups (broad SMARTS) is 1. The van der Waals surface area contributed by atoms with E-state index in [-0.39, 0.29) is 19.1 Å². The maximum absolute atomic E-state index is 12.3. The number of amides is 1. The fourth-order valence-electron chi connectivity index (χ4n) is 3.04. The average Bonchev–Trinajstić information content (AvgIpc) is 2.67. The molecule has 0 aliphatic carbocycles. The molecule has 2 heterocycles. The molecule has 1 atom stereocenters. The van der Waals surface area contributed by atoms with Crippen molar-refractivity contribution in [3.8, 4) is 5.75 Å². The van der Waals surface area contributed by atoms with Gasteiger partial charge in [-0.3, -0.25) is 9.59 Å². The highest BCUT2D eigenvalue weighted by atomic mass is 32.2. The Morgan fingerprint density at radius 1 is 1.16 bits per heavy atom. The Morgan fingerprint density at radius 3 is 2.56 bits per heavy atom. The molecule has 1 aromatic carbocycles. The summed E-state index contributed by atoms with van der Waals surface area (Å²) in [7, 11) is 0. The van der Waals surface area contributed by atoms with Crippen LogP contribution in [0, 0.1) is 5.92 Å². The Balaban J connectivity index is 1.49. The summed E-state index contributed by atoms with van der Waals surface area (Å²) >= 11 is 3.95. The lowest BCUT2D eigenvalue weighted by Crippen LogP contribution is -2.44. The van der Waals surface area contributed by atoms with Crippen LogP contribution in [0.1, 0.15) is 29.4 Å². The number of likely N-dealkylation sites (tertiary alicyclic amines) is 1. The van der Waals surface area contributed by atoms with E-state index in [1.54, 1.807) is 4.90 Å². The third-order valence-corrected chi connectivity index (χ3v) is 7.48. The number of aliphatic carboxylic acids is 1. The minimum Gasteiger partial charge on any atom is -0.484 e. The van der Waals surface area contributed by atoms with E-state index in [0.717, 1.165) is 6.42 Å². The summed E-state index contributed by atoms with van der Waals surface area (Å²) in [5.74, 6) is 1.66. The van der Waals surface area contributed by atoms with Crippen molar-refractivity contribution in [2.24, 2.45) is 5.92 Å². The van der Waals surface area contributed by atoms with E-state index in [4.69, 9.17) is 9.84 Å². The molecule has 1 N–H and O–H groups in total. The molecule has 0 radical (unpaired) electrons. The third-order valence-electron chi connectivity index (χ3n) is 4.47. The number of thioether (sulfide) groups is 2. The molecule has 2 aliphatic rings. The summed E-state index contributed by atoms with van der Waals surface area (Å²) in [6, 6.07) is 7.96. The molecular formula is C18H23NO4S2. The molecule has 3 rings (SSSR count). The summed E-state index contributed by atoms with van der Waals surface area (Å²) in [6.45, 7) is 0.853. The van der Waals surface area contributed by atoms with Crippen LogP contribution in [0.2, 0.25) is 0 Å². The van der Waals surface area contributed by atoms with Gasteiger partial charge in [0.25, 0.3) is 5.91 Å². The van der Waals surface area contributed by atoms with E-state index in [0.29, 0.717) is 23.3 Å². The smallest absolute Gasteiger partial charge is 0.308 e. The van der Waals surface area contributed by atoms with Crippen LogP contribution >= 0.6 is 23.5 Å². The number of benzene rings is 1. The Morgan fingerprint density at radius 2 is 1.88 bits per heavy atom. The van der Waals surface area contributed by atoms with Crippen molar-refractivity contribution in [2.45, 2.75) is 23.8 Å². The van der Waals surface area contributed by atoms with Crippen molar-refractivity contribution < 1.29 is 19.4 Å². The Kier molecular flexibility index (Phi) is 6.53. The van der Waals surface area contributed by atoms with Crippen molar-refractivity contribution in [1.29, 1.82) is 0 Å². The van der Waals surface area contributed by atoms with Crippen LogP contribution < -0.4 is 4.74 Å². The van der Waals surface area contributed by atoms with Crippen LogP contribution in [0.4, 0.5) is 0 Å². The van der Waals surface area contributed by atoms with Gasteiger partial charge in [-0.15, -0.1) is 23.5 Å². The first-order valence-electron chi connectivity index (χ1n) is 8.60. The number of carbonyl (C=O) groups is 2. The maximum Gasteiger partial charge on any atom is 0.308 e. The van der Waals surface area contributed by atoms with Crippen LogP contribution in [0.5, 0.6) is 5.75 Å². The third kappa shape index (κ3) is 5.07. The second-order valence-corrected chi connectivity index (χ2v) is 9.03. The molecule has 2 fully saturated rings. The highest BCUT2D eigenvalue weighted by Gasteiger charge is 2.28. The van der Waals surface area contributed by atoms with Gasteiger partial charge in [-0.25, -0.2) is 0 Å². The number of carbonyl (C=O) groups excluding carboxylic acids is 1. The summed E-state index contributed by atoms with van der Waals surface area (Å²) in [6.07, 6.45) is 2.64. The molecule has 1 unspecified atom stereocenters. The first kappa shape index (κ1) is 18.5. The summed E-state index contributed by atoms with van der Waals surface area (Å²) in [4.78, 5) is 24.9. The van der Waals surface area contributed by atoms with Crippen molar-refractivity contribution >= 4 is 35.4 Å². The SMILES string of the molecule is O=C(O)C1CCCN(C(=O)COc2ccc(C3SCCCS3)cc2)C1. The van der Waals surface area contributed by atoms with Gasteiger partial charge in [0.15, 0.2) is 6.61 Å². The zero-order chi connectivity index (χ0) is 17.6. The number of rotatable bonds is 5. The first-order valence-corrected chi connectivity index (χ1v) is 10.7. The van der Waals surface area contributed by atoms with Crippen LogP contribution in [0.3, 0.4) is 0 Å². The van der Waals surface area contributed by atoms with Crippen molar-refractivity contribution in [1.82, 2.24) is 4.90 Å². The number of ether oxygens (including phenoxy) is 1. The molecule has 25 heavy (non-hydrogen) atoms. The second-order valence-electron chi connectivity index (χ2n) is 6.30. The van der Waals surface area contributed by atoms with E-state index >= 15 is 0 Å². The molecule has 1 amide bonds. The Hall–Kier alpha value is -1.34. The Labute approximate surface area is 156 Å². The predicted octanol–water partition coefficient (Wildman–Crippen LogP) is 3.26. The van der Waals surface area contributed by atoms with Gasteiger partial charge in [-0.05, 0) is 48.5 Å². The number of piperidine rings is 1. The van der Waals surface area contributed by atoms with E-state index in [1.165, 1.54) is 23.5 Å². The van der Waals surface area contributed by atoms with Crippen LogP contribution in [0.15, 0.2) is 24.3 Å². The highest BCUT2D eigenvalue weighted by Crippen LogP contribution is 2.43. The van der Waals surface area contributed by atoms with E-state index < -0.39 is 11.9 Å². The van der Waals surface area contributed by atoms with Crippen LogP contribution in [-0.4, -0.2) is 53.1 Å². The zero-order valence-corrected chi connectivity index (χ0v) is 15.7. The molecule has 0 aromatic heterocycles. The lowest BCUT2D eigenvalue weighted by atomic mass is 9.98. The average molecular weight is 382 g/mol. The fourth-order valence-corrected chi connectivity index (χ4v) is 5.94. The molecule has 2 saturated heterocycles. The normalized spacial score (nSPS) is 21.8. The summed E-state index contributed by atoms with van der Waals surface area (Å²) in [5.41, 5.74) is 1.29. The second kappa shape index (κ2) is 8.85. The monoisotopic (exact) mass is 381 g/mol. The summed E-state index contributed by atoms with van der Waals surface area (Å²) in [5, 5.41) is 9.11. The van der Waals surface area contributed by atoms with E-state index in [9.17, 15) is 9.59 Å². The minimum absolute atomic E-state index is 0.0430. The van der Waals surface area contributed by atoms with Crippen molar-refractivity contribution in [2.75, 3.05) is 31.2 Å². The molecule has 0 spiro atoms. The van der Waals surface area contributed by atoms with Gasteiger partial charge in [0, 0.05) is 13.1 Å². The van der Waals surface area contributed by atoms with Gasteiger partial charge in [0.05, 0.1) is 10.5 Å². The predicted molar refractivity (Wildman–Crippen MR) is 101 cm³/mol. The number of nitrogens with zero attached hydrogens (tertiary/aromatic N) is 1. The van der Waals surface area contributed by atoms with E-state index in [1.807, 2.05) is 35.7 Å². The first-order chi connectivity index (χ1) is 12.1. The topological polar surface area (TPSA) is 66.8 Å². The van der Waals surface area contributed by atoms with Gasteiger partial charge >= 0.3 is 5.97 Å². The molecule has 1 aromatic rings. The fraction of sp³-hybridized carbons (Fsp3) is 0.556. The molecule has 0 bridgehead atoms. The lowest BCUT2D eigenvalue weighted by Gasteiger charge is -2.30. The summed E-state index contributed by atoms with van der Waals surface area (Å²) < 4.78 is 6.10. The Bertz CT molecular complexity index is 602. The van der Waals surface area contributed by atoms with Crippen molar-refractivity contribution in [3.63, 3.8) is 0 Å². The molecule has 0 saturated carbocycles. The van der Waals surface area contributed by atoms with Crippen LogP contribution in [0.25, 0.3) is 0 Å².